The Morgan fingerprint density at radius 3 is 2.38 bits per heavy atom. The Labute approximate surface area is 103 Å². The lowest BCUT2D eigenvalue weighted by atomic mass is 9.91. The molecule has 92 valence electrons. The van der Waals surface area contributed by atoms with Crippen LogP contribution in [0.25, 0.3) is 0 Å². The van der Waals surface area contributed by atoms with E-state index in [1.807, 2.05) is 18.4 Å². The molecular weight excluding hydrogens is 216 g/mol. The van der Waals surface area contributed by atoms with Gasteiger partial charge in [0.1, 0.15) is 0 Å². The molecular formula is C13H24N2S. The second-order valence-corrected chi connectivity index (χ2v) is 6.55. The van der Waals surface area contributed by atoms with Gasteiger partial charge in [0.25, 0.3) is 0 Å². The fourth-order valence-electron chi connectivity index (χ4n) is 1.53. The number of rotatable bonds is 6. The minimum Gasteiger partial charge on any atom is -0.314 e. The van der Waals surface area contributed by atoms with Crippen LogP contribution in [-0.4, -0.2) is 25.7 Å². The summed E-state index contributed by atoms with van der Waals surface area (Å²) >= 11 is 1.84. The van der Waals surface area contributed by atoms with E-state index in [-0.39, 0.29) is 11.0 Å². The van der Waals surface area contributed by atoms with Crippen LogP contribution in [0.3, 0.4) is 0 Å². The minimum absolute atomic E-state index is 0.158. The molecule has 2 N–H and O–H groups in total. The normalized spacial score (nSPS) is 13.1. The molecule has 1 rings (SSSR count). The first-order valence-electron chi connectivity index (χ1n) is 5.81. The minimum atomic E-state index is 0.158. The van der Waals surface area contributed by atoms with Crippen molar-refractivity contribution in [2.24, 2.45) is 0 Å². The number of thiophene rings is 1. The molecule has 0 unspecified atom stereocenters. The van der Waals surface area contributed by atoms with E-state index in [0.717, 1.165) is 13.1 Å². The van der Waals surface area contributed by atoms with Crippen LogP contribution in [-0.2, 0) is 5.41 Å². The van der Waals surface area contributed by atoms with Crippen LogP contribution in [0, 0.1) is 0 Å². The van der Waals surface area contributed by atoms with Gasteiger partial charge in [0.05, 0.1) is 0 Å². The highest BCUT2D eigenvalue weighted by molar-refractivity contribution is 7.10. The summed E-state index contributed by atoms with van der Waals surface area (Å²) in [6.07, 6.45) is 0. The van der Waals surface area contributed by atoms with Crippen molar-refractivity contribution in [1.82, 2.24) is 10.6 Å². The molecule has 0 bridgehead atoms. The van der Waals surface area contributed by atoms with Crippen molar-refractivity contribution in [2.75, 3.05) is 20.1 Å². The standard InChI is InChI=1S/C13H24N2S/c1-12(2,11-7-6-8-16-11)9-15-10-13(3,4)14-5/h6-8,14-15H,9-10H2,1-5H3. The van der Waals surface area contributed by atoms with Gasteiger partial charge in [-0.05, 0) is 32.3 Å². The smallest absolute Gasteiger partial charge is 0.0246 e. The van der Waals surface area contributed by atoms with Crippen molar-refractivity contribution in [2.45, 2.75) is 38.6 Å². The molecule has 0 aliphatic carbocycles. The van der Waals surface area contributed by atoms with Gasteiger partial charge >= 0.3 is 0 Å². The summed E-state index contributed by atoms with van der Waals surface area (Å²) in [7, 11) is 2.01. The molecule has 1 aromatic rings. The highest BCUT2D eigenvalue weighted by atomic mass is 32.1. The first-order valence-corrected chi connectivity index (χ1v) is 6.69. The summed E-state index contributed by atoms with van der Waals surface area (Å²) in [5.41, 5.74) is 0.378. The van der Waals surface area contributed by atoms with Gasteiger partial charge in [0.15, 0.2) is 0 Å². The Kier molecular flexibility index (Phi) is 4.53. The summed E-state index contributed by atoms with van der Waals surface area (Å²) in [6, 6.07) is 4.34. The Bertz CT molecular complexity index is 302. The molecule has 0 saturated heterocycles. The Hall–Kier alpha value is -0.380. The fourth-order valence-corrected chi connectivity index (χ4v) is 2.38. The van der Waals surface area contributed by atoms with Crippen LogP contribution in [0.5, 0.6) is 0 Å². The van der Waals surface area contributed by atoms with E-state index < -0.39 is 0 Å². The van der Waals surface area contributed by atoms with Crippen LogP contribution in [0.2, 0.25) is 0 Å². The van der Waals surface area contributed by atoms with Crippen LogP contribution >= 0.6 is 11.3 Å². The SMILES string of the molecule is CNC(C)(C)CNCC(C)(C)c1cccs1. The van der Waals surface area contributed by atoms with Crippen molar-refractivity contribution in [3.05, 3.63) is 22.4 Å². The highest BCUT2D eigenvalue weighted by Gasteiger charge is 2.22. The van der Waals surface area contributed by atoms with E-state index in [9.17, 15) is 0 Å². The lowest BCUT2D eigenvalue weighted by Crippen LogP contribution is -2.48. The van der Waals surface area contributed by atoms with Gasteiger partial charge < -0.3 is 10.6 Å². The van der Waals surface area contributed by atoms with Crippen molar-refractivity contribution < 1.29 is 0 Å². The molecule has 3 heteroatoms. The quantitative estimate of drug-likeness (QED) is 0.799. The number of hydrogen-bond donors (Lipinski definition) is 2. The summed E-state index contributed by atoms with van der Waals surface area (Å²) in [5.74, 6) is 0. The van der Waals surface area contributed by atoms with Crippen LogP contribution < -0.4 is 10.6 Å². The maximum atomic E-state index is 3.55. The third-order valence-electron chi connectivity index (χ3n) is 3.00. The van der Waals surface area contributed by atoms with Gasteiger partial charge in [-0.3, -0.25) is 0 Å². The van der Waals surface area contributed by atoms with E-state index in [4.69, 9.17) is 0 Å². The molecule has 0 radical (unpaired) electrons. The third kappa shape index (κ3) is 3.89. The van der Waals surface area contributed by atoms with Gasteiger partial charge in [-0.15, -0.1) is 11.3 Å². The predicted molar refractivity (Wildman–Crippen MR) is 73.4 cm³/mol. The zero-order valence-electron chi connectivity index (χ0n) is 11.1. The molecule has 0 aliphatic heterocycles. The maximum absolute atomic E-state index is 3.55. The topological polar surface area (TPSA) is 24.1 Å². The van der Waals surface area contributed by atoms with Gasteiger partial charge in [-0.1, -0.05) is 19.9 Å². The number of nitrogens with one attached hydrogen (secondary N) is 2. The second-order valence-electron chi connectivity index (χ2n) is 5.60. The molecule has 0 aromatic carbocycles. The van der Waals surface area contributed by atoms with Crippen molar-refractivity contribution in [3.8, 4) is 0 Å². The van der Waals surface area contributed by atoms with Gasteiger partial charge in [-0.2, -0.15) is 0 Å². The summed E-state index contributed by atoms with van der Waals surface area (Å²) in [4.78, 5) is 1.45. The first-order chi connectivity index (χ1) is 7.37. The summed E-state index contributed by atoms with van der Waals surface area (Å²) in [6.45, 7) is 11.0. The van der Waals surface area contributed by atoms with Gasteiger partial charge in [0, 0.05) is 28.9 Å². The third-order valence-corrected chi connectivity index (χ3v) is 4.23. The van der Waals surface area contributed by atoms with E-state index >= 15 is 0 Å². The lowest BCUT2D eigenvalue weighted by molar-refractivity contribution is 0.369. The van der Waals surface area contributed by atoms with Crippen LogP contribution in [0.4, 0.5) is 0 Å². The summed E-state index contributed by atoms with van der Waals surface area (Å²) < 4.78 is 0. The molecule has 1 aromatic heterocycles. The van der Waals surface area contributed by atoms with Crippen molar-refractivity contribution in [1.29, 1.82) is 0 Å². The summed E-state index contributed by atoms with van der Waals surface area (Å²) in [5, 5.41) is 9.00. The average molecular weight is 240 g/mol. The molecule has 0 atom stereocenters. The second kappa shape index (κ2) is 5.30. The highest BCUT2D eigenvalue weighted by Crippen LogP contribution is 2.26. The van der Waals surface area contributed by atoms with E-state index in [2.05, 4.69) is 55.8 Å². The molecule has 1 heterocycles. The molecule has 0 aliphatic rings. The largest absolute Gasteiger partial charge is 0.314 e. The Morgan fingerprint density at radius 2 is 1.88 bits per heavy atom. The van der Waals surface area contributed by atoms with Crippen molar-refractivity contribution >= 4 is 11.3 Å². The molecule has 0 spiro atoms. The van der Waals surface area contributed by atoms with E-state index in [0.29, 0.717) is 0 Å². The van der Waals surface area contributed by atoms with Gasteiger partial charge in [-0.25, -0.2) is 0 Å². The first kappa shape index (κ1) is 13.7. The Balaban J connectivity index is 2.43. The molecule has 0 saturated carbocycles. The molecule has 2 nitrogen and oxygen atoms in total. The van der Waals surface area contributed by atoms with Crippen LogP contribution in [0.15, 0.2) is 17.5 Å². The zero-order chi connectivity index (χ0) is 12.2. The van der Waals surface area contributed by atoms with E-state index in [1.165, 1.54) is 4.88 Å². The molecule has 0 fully saturated rings. The molecule has 16 heavy (non-hydrogen) atoms. The van der Waals surface area contributed by atoms with Crippen LogP contribution in [0.1, 0.15) is 32.6 Å². The predicted octanol–water partition coefficient (Wildman–Crippen LogP) is 2.61. The number of likely N-dealkylation sites (N-methyl/N-ethyl adjacent to an activating group) is 1. The van der Waals surface area contributed by atoms with E-state index in [1.54, 1.807) is 0 Å². The average Bonchev–Trinajstić information content (AvgIpc) is 2.70. The fraction of sp³-hybridized carbons (Fsp3) is 0.692. The molecule has 0 amide bonds. The maximum Gasteiger partial charge on any atom is 0.0246 e. The van der Waals surface area contributed by atoms with Gasteiger partial charge in [0.2, 0.25) is 0 Å². The zero-order valence-corrected chi connectivity index (χ0v) is 11.9. The number of hydrogen-bond acceptors (Lipinski definition) is 3. The lowest BCUT2D eigenvalue weighted by Gasteiger charge is -2.29. The Morgan fingerprint density at radius 1 is 1.19 bits per heavy atom. The van der Waals surface area contributed by atoms with Crippen molar-refractivity contribution in [3.63, 3.8) is 0 Å². The monoisotopic (exact) mass is 240 g/mol.